The zero-order valence-corrected chi connectivity index (χ0v) is 32.7. The quantitative estimate of drug-likeness (QED) is 0.162. The number of nitrogens with zero attached hydrogens (tertiary/aromatic N) is 3. The number of aromatic hydroxyl groups is 1. The molecule has 0 fully saturated rings. The van der Waals surface area contributed by atoms with Crippen LogP contribution in [0.15, 0.2) is 170 Å². The van der Waals surface area contributed by atoms with Crippen LogP contribution in [0.25, 0.3) is 83.9 Å². The van der Waals surface area contributed by atoms with Gasteiger partial charge in [0, 0.05) is 42.8 Å². The normalized spacial score (nSPS) is 13.3. The molecule has 2 heterocycles. The maximum Gasteiger partial charge on any atom is 0.148 e. The Morgan fingerprint density at radius 3 is 2.14 bits per heavy atom. The molecule has 0 amide bonds. The second-order valence-corrected chi connectivity index (χ2v) is 13.5. The van der Waals surface area contributed by atoms with Crippen LogP contribution in [0.4, 0.5) is 0 Å². The van der Waals surface area contributed by atoms with Gasteiger partial charge in [0.1, 0.15) is 11.6 Å². The Bertz CT molecular complexity index is 3230. The first-order valence-electron chi connectivity index (χ1n) is 21.9. The van der Waals surface area contributed by atoms with Crippen molar-refractivity contribution < 1.29 is 37.1 Å². The number of hydrogen-bond acceptors (Lipinski definition) is 3. The zero-order valence-electron chi connectivity index (χ0n) is 38.4. The van der Waals surface area contributed by atoms with Gasteiger partial charge in [0.25, 0.3) is 0 Å². The van der Waals surface area contributed by atoms with Gasteiger partial charge < -0.3 is 5.11 Å². The fourth-order valence-electron chi connectivity index (χ4n) is 7.21. The molecule has 0 radical (unpaired) electrons. The summed E-state index contributed by atoms with van der Waals surface area (Å²) in [7, 11) is 0. The molecule has 0 unspecified atom stereocenters. The van der Waals surface area contributed by atoms with E-state index >= 15 is 0 Å². The van der Waals surface area contributed by atoms with E-state index < -0.39 is 25.0 Å². The smallest absolute Gasteiger partial charge is 0.148 e. The van der Waals surface area contributed by atoms with Crippen LogP contribution < -0.4 is 0 Å². The van der Waals surface area contributed by atoms with Gasteiger partial charge in [-0.2, -0.15) is 0 Å². The molecule has 9 rings (SSSR count). The van der Waals surface area contributed by atoms with Crippen molar-refractivity contribution in [2.75, 3.05) is 0 Å². The minimum atomic E-state index is -2.46. The third-order valence-electron chi connectivity index (χ3n) is 9.81. The molecule has 2 aromatic heterocycles. The summed E-state index contributed by atoms with van der Waals surface area (Å²) in [4.78, 5) is 9.98. The number of para-hydroxylation sites is 1. The van der Waals surface area contributed by atoms with Gasteiger partial charge in [-0.3, -0.25) is 9.55 Å². The number of phenolic OH excluding ortho intramolecular Hbond substituents is 1. The van der Waals surface area contributed by atoms with E-state index in [2.05, 4.69) is 6.07 Å². The fourth-order valence-corrected chi connectivity index (χ4v) is 7.21. The summed E-state index contributed by atoms with van der Waals surface area (Å²) in [5, 5.41) is 11.6. The number of aromatic nitrogens is 3. The second kappa shape index (κ2) is 15.4. The van der Waals surface area contributed by atoms with E-state index in [0.717, 1.165) is 22.3 Å². The summed E-state index contributed by atoms with van der Waals surface area (Å²) in [6, 6.07) is 43.1. The maximum atomic E-state index is 11.6. The van der Waals surface area contributed by atoms with Crippen LogP contribution >= 0.6 is 0 Å². The monoisotopic (exact) mass is 911 g/mol. The van der Waals surface area contributed by atoms with Crippen LogP contribution in [-0.2, 0) is 21.1 Å². The summed E-state index contributed by atoms with van der Waals surface area (Å²) in [6.45, 7) is 1.32. The molecule has 274 valence electrons. The number of pyridine rings is 1. The molecule has 0 aliphatic rings. The predicted molar refractivity (Wildman–Crippen MR) is 226 cm³/mol. The summed E-state index contributed by atoms with van der Waals surface area (Å²) in [6.07, 6.45) is 1.55. The molecule has 5 heteroatoms. The zero-order chi connectivity index (χ0) is 44.3. The third-order valence-corrected chi connectivity index (χ3v) is 9.81. The Kier molecular flexibility index (Phi) is 7.74. The first-order valence-corrected chi connectivity index (χ1v) is 17.9. The van der Waals surface area contributed by atoms with Crippen LogP contribution in [0.1, 0.15) is 27.7 Å². The molecule has 56 heavy (non-hydrogen) atoms. The molecular formula is C51H38N3OPt-. The van der Waals surface area contributed by atoms with E-state index in [0.29, 0.717) is 67.2 Å². The van der Waals surface area contributed by atoms with Gasteiger partial charge in [-0.25, -0.2) is 4.98 Å². The number of rotatable bonds is 7. The van der Waals surface area contributed by atoms with Crippen molar-refractivity contribution in [2.24, 2.45) is 0 Å². The van der Waals surface area contributed by atoms with E-state index in [4.69, 9.17) is 20.9 Å². The summed E-state index contributed by atoms with van der Waals surface area (Å²) in [5.74, 6) is 0.471. The van der Waals surface area contributed by atoms with Gasteiger partial charge in [-0.05, 0) is 95.5 Å². The Labute approximate surface area is 353 Å². The molecule has 0 atom stereocenters. The molecule has 0 aliphatic heterocycles. The van der Waals surface area contributed by atoms with Crippen molar-refractivity contribution in [3.63, 3.8) is 0 Å². The Morgan fingerprint density at radius 2 is 1.38 bits per heavy atom. The number of imidazole rings is 1. The Balaban J connectivity index is 0.00000560. The first-order chi connectivity index (χ1) is 30.2. The molecule has 9 aromatic rings. The molecule has 0 saturated carbocycles. The van der Waals surface area contributed by atoms with E-state index in [1.807, 2.05) is 134 Å². The molecule has 4 nitrogen and oxygen atoms in total. The van der Waals surface area contributed by atoms with Crippen molar-refractivity contribution in [1.29, 1.82) is 0 Å². The second-order valence-electron chi connectivity index (χ2n) is 13.5. The van der Waals surface area contributed by atoms with Crippen LogP contribution in [0.5, 0.6) is 5.75 Å². The average Bonchev–Trinajstić information content (AvgIpc) is 3.69. The van der Waals surface area contributed by atoms with Crippen LogP contribution in [-0.4, -0.2) is 19.6 Å². The average molecular weight is 912 g/mol. The van der Waals surface area contributed by atoms with Gasteiger partial charge in [-0.1, -0.05) is 138 Å². The molecule has 1 N–H and O–H groups in total. The number of phenols is 1. The third kappa shape index (κ3) is 6.89. The van der Waals surface area contributed by atoms with Gasteiger partial charge in [0.05, 0.1) is 23.5 Å². The van der Waals surface area contributed by atoms with Crippen LogP contribution in [0.3, 0.4) is 0 Å². The molecule has 0 bridgehead atoms. The van der Waals surface area contributed by atoms with Crippen molar-refractivity contribution >= 4 is 11.0 Å². The van der Waals surface area contributed by atoms with E-state index in [1.54, 1.807) is 24.4 Å². The van der Waals surface area contributed by atoms with Crippen molar-refractivity contribution in [3.05, 3.63) is 193 Å². The molecular weight excluding hydrogens is 866 g/mol. The maximum absolute atomic E-state index is 11.6. The van der Waals surface area contributed by atoms with Crippen molar-refractivity contribution in [1.82, 2.24) is 14.5 Å². The first kappa shape index (κ1) is 28.1. The van der Waals surface area contributed by atoms with Crippen molar-refractivity contribution in [3.8, 4) is 78.6 Å². The van der Waals surface area contributed by atoms with E-state index in [-0.39, 0.29) is 50.0 Å². The van der Waals surface area contributed by atoms with E-state index in [9.17, 15) is 5.11 Å². The minimum absolute atomic E-state index is 0. The Morgan fingerprint density at radius 1 is 0.625 bits per heavy atom. The van der Waals surface area contributed by atoms with Gasteiger partial charge in [-0.15, -0.1) is 23.8 Å². The summed E-state index contributed by atoms with van der Waals surface area (Å²) in [5.41, 5.74) is 10.0. The van der Waals surface area contributed by atoms with E-state index in [1.165, 1.54) is 0 Å². The predicted octanol–water partition coefficient (Wildman–Crippen LogP) is 12.9. The molecule has 0 aliphatic carbocycles. The van der Waals surface area contributed by atoms with Crippen LogP contribution in [0, 0.1) is 26.8 Å². The minimum Gasteiger partial charge on any atom is -0.507 e. The van der Waals surface area contributed by atoms with Gasteiger partial charge >= 0.3 is 0 Å². The summed E-state index contributed by atoms with van der Waals surface area (Å²) < 4.78 is 69.7. The Hall–Kier alpha value is -6.35. The number of benzene rings is 7. The fraction of sp³-hybridized carbons (Fsp3) is 0.0588. The topological polar surface area (TPSA) is 50.9 Å². The largest absolute Gasteiger partial charge is 0.507 e. The number of hydrogen-bond donors (Lipinski definition) is 1. The van der Waals surface area contributed by atoms with Gasteiger partial charge in [0.2, 0.25) is 0 Å². The summed E-state index contributed by atoms with van der Waals surface area (Å²) >= 11 is 0. The number of fused-ring (bicyclic) bond motifs is 1. The molecule has 0 spiro atoms. The van der Waals surface area contributed by atoms with Gasteiger partial charge in [0.15, 0.2) is 0 Å². The standard InChI is InChI=1S/C51H38N3O.Pt/c1-33-26-35(3)50(55)46(27-33)51-53-49-45(20-13-21-48(49)54(51)43-22-23-44(34(2)28-43)38-18-11-6-12-19-38)41-29-40(37-16-9-5-10-17-37)30-42(31-41)47-32-39(24-25-52-47)36-14-7-4-8-15-36;/h4-30,32,55H,1-3H3;/q-1;/i2D3,4D,7D,8D,14D,15D;. The number of aryl methyl sites for hydroxylation is 3. The molecule has 0 saturated heterocycles. The van der Waals surface area contributed by atoms with Crippen molar-refractivity contribution in [2.45, 2.75) is 20.7 Å². The van der Waals surface area contributed by atoms with Crippen LogP contribution in [0.2, 0.25) is 0 Å². The molecule has 7 aromatic carbocycles. The SMILES string of the molecule is [2H]c1c([2H])c([2H])c(-c2ccnc(-c3[c-]c(-c4cccc5c4nc(-c4cc(C)cc(C)c4O)n5-c4ccc(-c5ccccc5)c(C([2H])([2H])[2H])c4)cc(-c4ccccc4)c3)c2)c([2H])c1[2H].[Pt].